The van der Waals surface area contributed by atoms with Gasteiger partial charge in [0, 0.05) is 18.8 Å². The molecule has 4 heterocycles. The maximum absolute atomic E-state index is 12.9. The summed E-state index contributed by atoms with van der Waals surface area (Å²) in [6.45, 7) is 2.80. The topological polar surface area (TPSA) is 74.8 Å². The first kappa shape index (κ1) is 16.1. The van der Waals surface area contributed by atoms with Crippen LogP contribution in [0.4, 0.5) is 14.0 Å². The van der Waals surface area contributed by atoms with Crippen LogP contribution in [0.5, 0.6) is 0 Å². The molecule has 0 aromatic carbocycles. The highest BCUT2D eigenvalue weighted by atomic mass is 19.1. The van der Waals surface area contributed by atoms with Gasteiger partial charge in [-0.25, -0.2) is 14.0 Å². The van der Waals surface area contributed by atoms with Crippen LogP contribution in [-0.2, 0) is 11.2 Å². The van der Waals surface area contributed by atoms with E-state index >= 15 is 0 Å². The molecule has 1 aromatic rings. The van der Waals surface area contributed by atoms with Gasteiger partial charge in [0.15, 0.2) is 0 Å². The van der Waals surface area contributed by atoms with Crippen molar-refractivity contribution in [2.24, 2.45) is 5.92 Å². The number of carbonyl (C=O) groups excluding carboxylic acids is 2. The molecule has 3 saturated heterocycles. The molecule has 0 saturated carbocycles. The smallest absolute Gasteiger partial charge is 0.407 e. The monoisotopic (exact) mass is 348 g/mol. The molecular formula is C17H21FN4O3. The maximum Gasteiger partial charge on any atom is 0.407 e. The average Bonchev–Trinajstić information content (AvgIpc) is 2.98. The summed E-state index contributed by atoms with van der Waals surface area (Å²) in [7, 11) is 0. The highest BCUT2D eigenvalue weighted by Crippen LogP contribution is 2.28. The van der Waals surface area contributed by atoms with Crippen molar-refractivity contribution in [3.8, 4) is 0 Å². The third kappa shape index (κ3) is 3.25. The zero-order chi connectivity index (χ0) is 17.4. The van der Waals surface area contributed by atoms with Crippen molar-refractivity contribution in [1.82, 2.24) is 20.1 Å². The zero-order valence-corrected chi connectivity index (χ0v) is 13.9. The van der Waals surface area contributed by atoms with E-state index in [0.717, 1.165) is 38.0 Å². The number of rotatable bonds is 2. The van der Waals surface area contributed by atoms with E-state index in [1.54, 1.807) is 11.0 Å². The van der Waals surface area contributed by atoms with Gasteiger partial charge in [0.25, 0.3) is 0 Å². The van der Waals surface area contributed by atoms with Crippen LogP contribution in [0.15, 0.2) is 18.3 Å². The molecule has 0 aliphatic carbocycles. The molecule has 3 fully saturated rings. The quantitative estimate of drug-likeness (QED) is 0.876. The van der Waals surface area contributed by atoms with Gasteiger partial charge in [0.1, 0.15) is 18.0 Å². The van der Waals surface area contributed by atoms with Gasteiger partial charge in [-0.1, -0.05) is 0 Å². The van der Waals surface area contributed by atoms with Crippen LogP contribution >= 0.6 is 0 Å². The number of carbonyl (C=O) groups is 2. The van der Waals surface area contributed by atoms with E-state index in [2.05, 4.69) is 10.3 Å². The van der Waals surface area contributed by atoms with E-state index in [4.69, 9.17) is 4.74 Å². The van der Waals surface area contributed by atoms with Crippen molar-refractivity contribution in [1.29, 1.82) is 0 Å². The number of nitrogens with zero attached hydrogens (tertiary/aromatic N) is 3. The lowest BCUT2D eigenvalue weighted by molar-refractivity contribution is 0.0473. The number of halogens is 1. The molecule has 8 heteroatoms. The number of likely N-dealkylation sites (tertiary alicyclic amines) is 2. The molecular weight excluding hydrogens is 327 g/mol. The highest BCUT2D eigenvalue weighted by Gasteiger charge is 2.52. The van der Waals surface area contributed by atoms with Crippen molar-refractivity contribution in [3.05, 3.63) is 29.8 Å². The Morgan fingerprint density at radius 2 is 2.08 bits per heavy atom. The molecule has 1 aromatic heterocycles. The SMILES string of the molecule is O=C1NC2(CO1)CN(C(=O)N1CCC(Cc3ccc(F)cn3)CC1)C2. The van der Waals surface area contributed by atoms with E-state index in [9.17, 15) is 14.0 Å². The van der Waals surface area contributed by atoms with Gasteiger partial charge in [-0.05, 0) is 37.3 Å². The molecule has 25 heavy (non-hydrogen) atoms. The molecule has 0 radical (unpaired) electrons. The minimum atomic E-state index is -0.401. The molecule has 3 amide bonds. The van der Waals surface area contributed by atoms with E-state index in [1.165, 1.54) is 12.3 Å². The number of piperidine rings is 1. The third-order valence-corrected chi connectivity index (χ3v) is 5.28. The second-order valence-corrected chi connectivity index (χ2v) is 7.22. The number of cyclic esters (lactones) is 1. The maximum atomic E-state index is 12.9. The predicted octanol–water partition coefficient (Wildman–Crippen LogP) is 1.39. The van der Waals surface area contributed by atoms with Crippen LogP contribution < -0.4 is 5.32 Å². The zero-order valence-electron chi connectivity index (χ0n) is 13.9. The van der Waals surface area contributed by atoms with E-state index in [0.29, 0.717) is 25.6 Å². The summed E-state index contributed by atoms with van der Waals surface area (Å²) in [6, 6.07) is 3.20. The normalized spacial score (nSPS) is 22.5. The summed E-state index contributed by atoms with van der Waals surface area (Å²) in [4.78, 5) is 31.5. The van der Waals surface area contributed by atoms with Crippen molar-refractivity contribution in [2.45, 2.75) is 24.8 Å². The summed E-state index contributed by atoms with van der Waals surface area (Å²) in [5.41, 5.74) is 0.520. The molecule has 1 spiro atoms. The Balaban J connectivity index is 1.24. The van der Waals surface area contributed by atoms with Crippen molar-refractivity contribution in [3.63, 3.8) is 0 Å². The van der Waals surface area contributed by atoms with Gasteiger partial charge < -0.3 is 19.9 Å². The van der Waals surface area contributed by atoms with Crippen LogP contribution in [0.2, 0.25) is 0 Å². The summed E-state index contributed by atoms with van der Waals surface area (Å²) in [6.07, 6.45) is 3.51. The number of nitrogens with one attached hydrogen (secondary N) is 1. The van der Waals surface area contributed by atoms with Gasteiger partial charge in [-0.15, -0.1) is 0 Å². The van der Waals surface area contributed by atoms with Crippen LogP contribution in [0.3, 0.4) is 0 Å². The van der Waals surface area contributed by atoms with Crippen molar-refractivity contribution >= 4 is 12.1 Å². The Labute approximate surface area is 145 Å². The summed E-state index contributed by atoms with van der Waals surface area (Å²) in [5, 5.41) is 2.79. The Morgan fingerprint density at radius 1 is 1.32 bits per heavy atom. The highest BCUT2D eigenvalue weighted by molar-refractivity contribution is 5.78. The van der Waals surface area contributed by atoms with E-state index in [-0.39, 0.29) is 17.4 Å². The molecule has 3 aliphatic heterocycles. The molecule has 1 N–H and O–H groups in total. The van der Waals surface area contributed by atoms with E-state index < -0.39 is 6.09 Å². The first-order chi connectivity index (χ1) is 12.0. The third-order valence-electron chi connectivity index (χ3n) is 5.28. The molecule has 4 rings (SSSR count). The lowest BCUT2D eigenvalue weighted by Crippen LogP contribution is -2.71. The van der Waals surface area contributed by atoms with Crippen molar-refractivity contribution in [2.75, 3.05) is 32.8 Å². The van der Waals surface area contributed by atoms with Crippen molar-refractivity contribution < 1.29 is 18.7 Å². The number of amides is 3. The Kier molecular flexibility index (Phi) is 3.97. The molecule has 0 atom stereocenters. The number of pyridine rings is 1. The fourth-order valence-electron chi connectivity index (χ4n) is 3.83. The second kappa shape index (κ2) is 6.16. The molecule has 0 bridgehead atoms. The Hall–Kier alpha value is -2.38. The van der Waals surface area contributed by atoms with Crippen LogP contribution in [-0.4, -0.2) is 65.2 Å². The molecule has 3 aliphatic rings. The summed E-state index contributed by atoms with van der Waals surface area (Å²) in [5.74, 6) is 0.146. The molecule has 7 nitrogen and oxygen atoms in total. The van der Waals surface area contributed by atoms with Crippen LogP contribution in [0.25, 0.3) is 0 Å². The standard InChI is InChI=1S/C17H21FN4O3/c18-13-1-2-14(19-8-13)7-12-3-5-21(6-4-12)16(24)22-9-17(10-22)11-25-15(23)20-17/h1-2,8,12H,3-7,9-11H2,(H,20,23). The largest absolute Gasteiger partial charge is 0.447 e. The number of urea groups is 1. The number of alkyl carbamates (subject to hydrolysis) is 1. The Morgan fingerprint density at radius 3 is 2.68 bits per heavy atom. The fourth-order valence-corrected chi connectivity index (χ4v) is 3.83. The van der Waals surface area contributed by atoms with E-state index in [1.807, 2.05) is 4.90 Å². The second-order valence-electron chi connectivity index (χ2n) is 7.22. The van der Waals surface area contributed by atoms with Gasteiger partial charge in [-0.2, -0.15) is 0 Å². The van der Waals surface area contributed by atoms with Crippen LogP contribution in [0, 0.1) is 11.7 Å². The van der Waals surface area contributed by atoms with Crippen LogP contribution in [0.1, 0.15) is 18.5 Å². The number of aromatic nitrogens is 1. The number of hydrogen-bond donors (Lipinski definition) is 1. The average molecular weight is 348 g/mol. The lowest BCUT2D eigenvalue weighted by atomic mass is 9.90. The molecule has 0 unspecified atom stereocenters. The minimum Gasteiger partial charge on any atom is -0.447 e. The lowest BCUT2D eigenvalue weighted by Gasteiger charge is -2.48. The predicted molar refractivity (Wildman–Crippen MR) is 86.4 cm³/mol. The molecule has 134 valence electrons. The summed E-state index contributed by atoms with van der Waals surface area (Å²) < 4.78 is 17.8. The first-order valence-electron chi connectivity index (χ1n) is 8.62. The van der Waals surface area contributed by atoms with Gasteiger partial charge in [-0.3, -0.25) is 4.98 Å². The summed E-state index contributed by atoms with van der Waals surface area (Å²) >= 11 is 0. The Bertz CT molecular complexity index is 667. The number of hydrogen-bond acceptors (Lipinski definition) is 4. The van der Waals surface area contributed by atoms with Gasteiger partial charge in [0.2, 0.25) is 0 Å². The van der Waals surface area contributed by atoms with Gasteiger partial charge >= 0.3 is 12.1 Å². The fraction of sp³-hybridized carbons (Fsp3) is 0.588. The first-order valence-corrected chi connectivity index (χ1v) is 8.62. The van der Waals surface area contributed by atoms with Gasteiger partial charge in [0.05, 0.1) is 19.3 Å². The minimum absolute atomic E-state index is 0.0325. The number of ether oxygens (including phenoxy) is 1.